The van der Waals surface area contributed by atoms with Crippen molar-refractivity contribution in [3.63, 3.8) is 0 Å². The number of aryl methyl sites for hydroxylation is 1. The number of phenolic OH excluding ortho intramolecular Hbond substituents is 1. The highest BCUT2D eigenvalue weighted by molar-refractivity contribution is 6.01. The molecule has 0 aliphatic carbocycles. The van der Waals surface area contributed by atoms with E-state index in [9.17, 15) is 9.90 Å². The summed E-state index contributed by atoms with van der Waals surface area (Å²) in [5.41, 5.74) is 5.17. The Hall–Kier alpha value is -2.63. The third-order valence-electron chi connectivity index (χ3n) is 2.77. The summed E-state index contributed by atoms with van der Waals surface area (Å²) in [6.07, 6.45) is 0.657. The van der Waals surface area contributed by atoms with Crippen molar-refractivity contribution < 1.29 is 9.90 Å². The maximum Gasteiger partial charge on any atom is 0.291 e. The molecule has 0 saturated heterocycles. The van der Waals surface area contributed by atoms with Gasteiger partial charge in [-0.2, -0.15) is 10.2 Å². The van der Waals surface area contributed by atoms with Crippen LogP contribution in [0.25, 0.3) is 0 Å². The van der Waals surface area contributed by atoms with Crippen molar-refractivity contribution in [1.82, 2.24) is 15.6 Å². The zero-order valence-corrected chi connectivity index (χ0v) is 11.3. The first-order chi connectivity index (χ1) is 9.60. The highest BCUT2D eigenvalue weighted by Gasteiger charge is 2.09. The van der Waals surface area contributed by atoms with Gasteiger partial charge in [-0.15, -0.1) is 0 Å². The minimum atomic E-state index is -0.362. The fourth-order valence-electron chi connectivity index (χ4n) is 1.71. The molecule has 0 atom stereocenters. The quantitative estimate of drug-likeness (QED) is 0.587. The summed E-state index contributed by atoms with van der Waals surface area (Å²) in [7, 11) is 0. The maximum atomic E-state index is 11.8. The number of H-pyrrole nitrogens is 1. The van der Waals surface area contributed by atoms with Crippen LogP contribution in [-0.4, -0.2) is 26.9 Å². The Balaban J connectivity index is 2.11. The van der Waals surface area contributed by atoms with Crippen LogP contribution < -0.4 is 5.43 Å². The summed E-state index contributed by atoms with van der Waals surface area (Å²) in [5, 5.41) is 19.9. The van der Waals surface area contributed by atoms with E-state index in [4.69, 9.17) is 0 Å². The molecule has 1 amide bonds. The van der Waals surface area contributed by atoms with Crippen molar-refractivity contribution in [3.05, 3.63) is 47.3 Å². The molecule has 1 aromatic heterocycles. The molecule has 0 radical (unpaired) electrons. The van der Waals surface area contributed by atoms with Gasteiger partial charge in [-0.05, 0) is 49.2 Å². The number of hydrogen-bond acceptors (Lipinski definition) is 4. The lowest BCUT2D eigenvalue weighted by Gasteiger charge is -2.04. The summed E-state index contributed by atoms with van der Waals surface area (Å²) >= 11 is 0. The van der Waals surface area contributed by atoms with Crippen LogP contribution in [0.5, 0.6) is 5.75 Å². The van der Waals surface area contributed by atoms with E-state index in [0.29, 0.717) is 12.1 Å². The predicted octanol–water partition coefficient (Wildman–Crippen LogP) is 1.97. The number of aromatic hydroxyl groups is 1. The summed E-state index contributed by atoms with van der Waals surface area (Å²) in [4.78, 5) is 11.8. The number of phenols is 1. The van der Waals surface area contributed by atoms with E-state index < -0.39 is 0 Å². The zero-order chi connectivity index (χ0) is 14.5. The van der Waals surface area contributed by atoms with Crippen LogP contribution in [0, 0.1) is 6.92 Å². The first-order valence-corrected chi connectivity index (χ1v) is 6.28. The zero-order valence-electron chi connectivity index (χ0n) is 11.3. The predicted molar refractivity (Wildman–Crippen MR) is 75.7 cm³/mol. The van der Waals surface area contributed by atoms with E-state index in [1.54, 1.807) is 30.3 Å². The Bertz CT molecular complexity index is 629. The van der Waals surface area contributed by atoms with Gasteiger partial charge in [-0.1, -0.05) is 6.92 Å². The lowest BCUT2D eigenvalue weighted by Crippen LogP contribution is -2.20. The van der Waals surface area contributed by atoms with E-state index >= 15 is 0 Å². The summed E-state index contributed by atoms with van der Waals surface area (Å²) in [6, 6.07) is 8.32. The molecule has 6 nitrogen and oxygen atoms in total. The minimum absolute atomic E-state index is 0.195. The number of carbonyl (C=O) groups excluding carboxylic acids is 1. The molecule has 20 heavy (non-hydrogen) atoms. The maximum absolute atomic E-state index is 11.8. The molecule has 3 N–H and O–H groups in total. The molecule has 6 heteroatoms. The van der Waals surface area contributed by atoms with E-state index in [1.807, 2.05) is 13.8 Å². The van der Waals surface area contributed by atoms with Crippen LogP contribution in [0.2, 0.25) is 0 Å². The van der Waals surface area contributed by atoms with Crippen LogP contribution >= 0.6 is 0 Å². The van der Waals surface area contributed by atoms with Crippen molar-refractivity contribution in [1.29, 1.82) is 0 Å². The summed E-state index contributed by atoms with van der Waals surface area (Å²) in [6.45, 7) is 3.76. The normalized spacial score (nSPS) is 11.4. The average molecular weight is 272 g/mol. The van der Waals surface area contributed by atoms with Gasteiger partial charge >= 0.3 is 0 Å². The summed E-state index contributed by atoms with van der Waals surface area (Å²) < 4.78 is 0. The highest BCUT2D eigenvalue weighted by atomic mass is 16.3. The number of aromatic nitrogens is 2. The number of nitrogens with zero attached hydrogens (tertiary/aromatic N) is 2. The molecular weight excluding hydrogens is 256 g/mol. The SMILES string of the molecule is CC/C(=N/NC(=O)c1cc(C)[nH]n1)c1ccc(O)cc1. The van der Waals surface area contributed by atoms with E-state index in [0.717, 1.165) is 17.0 Å². The topological polar surface area (TPSA) is 90.4 Å². The minimum Gasteiger partial charge on any atom is -0.508 e. The fraction of sp³-hybridized carbons (Fsp3) is 0.214. The second-order valence-electron chi connectivity index (χ2n) is 4.34. The van der Waals surface area contributed by atoms with Crippen molar-refractivity contribution in [2.24, 2.45) is 5.10 Å². The van der Waals surface area contributed by atoms with Gasteiger partial charge in [0.05, 0.1) is 5.71 Å². The Morgan fingerprint density at radius 1 is 1.40 bits per heavy atom. The molecule has 0 aliphatic heterocycles. The van der Waals surface area contributed by atoms with Gasteiger partial charge < -0.3 is 5.11 Å². The number of hydrazone groups is 1. The van der Waals surface area contributed by atoms with E-state index in [1.165, 1.54) is 0 Å². The second kappa shape index (κ2) is 6.01. The van der Waals surface area contributed by atoms with Crippen molar-refractivity contribution in [2.75, 3.05) is 0 Å². The number of hydrogen-bond donors (Lipinski definition) is 3. The first kappa shape index (κ1) is 13.8. The van der Waals surface area contributed by atoms with Crippen LogP contribution in [0.15, 0.2) is 35.4 Å². The molecule has 0 bridgehead atoms. The Kier molecular flexibility index (Phi) is 4.14. The lowest BCUT2D eigenvalue weighted by atomic mass is 10.1. The molecule has 0 saturated carbocycles. The van der Waals surface area contributed by atoms with E-state index in [2.05, 4.69) is 20.7 Å². The molecular formula is C14H16N4O2. The van der Waals surface area contributed by atoms with Gasteiger partial charge in [-0.25, -0.2) is 5.43 Å². The Morgan fingerprint density at radius 2 is 2.10 bits per heavy atom. The molecule has 0 spiro atoms. The number of amides is 1. The Morgan fingerprint density at radius 3 is 2.65 bits per heavy atom. The van der Waals surface area contributed by atoms with Gasteiger partial charge in [0.2, 0.25) is 0 Å². The van der Waals surface area contributed by atoms with Crippen LogP contribution in [-0.2, 0) is 0 Å². The van der Waals surface area contributed by atoms with Crippen molar-refractivity contribution in [2.45, 2.75) is 20.3 Å². The molecule has 0 aliphatic rings. The van der Waals surface area contributed by atoms with Gasteiger partial charge in [0.15, 0.2) is 5.69 Å². The molecule has 2 aromatic rings. The molecule has 0 fully saturated rings. The molecule has 1 heterocycles. The van der Waals surface area contributed by atoms with Gasteiger partial charge in [0, 0.05) is 5.69 Å². The van der Waals surface area contributed by atoms with Gasteiger partial charge in [-0.3, -0.25) is 9.89 Å². The molecule has 0 unspecified atom stereocenters. The van der Waals surface area contributed by atoms with Gasteiger partial charge in [0.1, 0.15) is 5.75 Å². The van der Waals surface area contributed by atoms with Crippen molar-refractivity contribution in [3.8, 4) is 5.75 Å². The third kappa shape index (κ3) is 3.23. The third-order valence-corrected chi connectivity index (χ3v) is 2.77. The van der Waals surface area contributed by atoms with Crippen LogP contribution in [0.3, 0.4) is 0 Å². The number of rotatable bonds is 4. The fourth-order valence-corrected chi connectivity index (χ4v) is 1.71. The van der Waals surface area contributed by atoms with Gasteiger partial charge in [0.25, 0.3) is 5.91 Å². The standard InChI is InChI=1S/C14H16N4O2/c1-3-12(10-4-6-11(19)7-5-10)16-18-14(20)13-8-9(2)15-17-13/h4-8,19H,3H2,1-2H3,(H,15,17)(H,18,20)/b16-12-. The lowest BCUT2D eigenvalue weighted by molar-refractivity contribution is 0.0950. The average Bonchev–Trinajstić information content (AvgIpc) is 2.88. The van der Waals surface area contributed by atoms with Crippen LogP contribution in [0.1, 0.15) is 35.1 Å². The van der Waals surface area contributed by atoms with Crippen molar-refractivity contribution >= 4 is 11.6 Å². The number of nitrogens with one attached hydrogen (secondary N) is 2. The first-order valence-electron chi connectivity index (χ1n) is 6.28. The molecule has 1 aromatic carbocycles. The smallest absolute Gasteiger partial charge is 0.291 e. The molecule has 104 valence electrons. The monoisotopic (exact) mass is 272 g/mol. The summed E-state index contributed by atoms with van der Waals surface area (Å²) in [5.74, 6) is -0.167. The number of benzene rings is 1. The Labute approximate surface area is 116 Å². The molecule has 2 rings (SSSR count). The highest BCUT2D eigenvalue weighted by Crippen LogP contribution is 2.11. The second-order valence-corrected chi connectivity index (χ2v) is 4.34. The van der Waals surface area contributed by atoms with Crippen LogP contribution in [0.4, 0.5) is 0 Å². The van der Waals surface area contributed by atoms with E-state index in [-0.39, 0.29) is 11.7 Å². The largest absolute Gasteiger partial charge is 0.508 e. The number of carbonyl (C=O) groups is 1. The number of aromatic amines is 1.